The number of aromatic nitrogens is 1. The Morgan fingerprint density at radius 3 is 2.73 bits per heavy atom. The lowest BCUT2D eigenvalue weighted by Crippen LogP contribution is -2.44. The molecule has 0 saturated carbocycles. The van der Waals surface area contributed by atoms with Gasteiger partial charge in [0.2, 0.25) is 0 Å². The van der Waals surface area contributed by atoms with Gasteiger partial charge >= 0.3 is 5.97 Å². The Hall–Kier alpha value is -3.11. The minimum atomic E-state index is -0.948. The van der Waals surface area contributed by atoms with Crippen molar-refractivity contribution in [1.82, 2.24) is 9.88 Å². The van der Waals surface area contributed by atoms with Crippen LogP contribution in [0.25, 0.3) is 10.9 Å². The smallest absolute Gasteiger partial charge is 0.308 e. The van der Waals surface area contributed by atoms with Crippen LogP contribution < -0.4 is 4.74 Å². The number of hydrogen-bond acceptors (Lipinski definition) is 6. The van der Waals surface area contributed by atoms with Gasteiger partial charge in [-0.3, -0.25) is 14.6 Å². The molecule has 0 spiro atoms. The van der Waals surface area contributed by atoms with Crippen molar-refractivity contribution in [3.8, 4) is 5.75 Å². The zero-order chi connectivity index (χ0) is 26.5. The van der Waals surface area contributed by atoms with Crippen molar-refractivity contribution in [2.45, 2.75) is 24.2 Å². The van der Waals surface area contributed by atoms with Crippen LogP contribution in [0.15, 0.2) is 47.5 Å². The molecule has 1 aliphatic rings. The topological polar surface area (TPSA) is 79.7 Å². The second kappa shape index (κ2) is 12.0. The average Bonchev–Trinajstić information content (AvgIpc) is 2.89. The number of rotatable bonds is 10. The number of carboxylic acid groups (broad SMARTS) is 1. The van der Waals surface area contributed by atoms with E-state index < -0.39 is 35.1 Å². The second-order valence-electron chi connectivity index (χ2n) is 9.04. The molecule has 1 N–H and O–H groups in total. The largest absolute Gasteiger partial charge is 0.497 e. The maximum atomic E-state index is 14.6. The van der Waals surface area contributed by atoms with Crippen LogP contribution in [0.1, 0.15) is 29.6 Å². The molecule has 2 aromatic carbocycles. The zero-order valence-corrected chi connectivity index (χ0v) is 21.1. The number of carbonyl (C=O) groups is 2. The lowest BCUT2D eigenvalue weighted by atomic mass is 9.81. The number of ether oxygens (including phenoxy) is 1. The first-order chi connectivity index (χ1) is 17.8. The van der Waals surface area contributed by atoms with E-state index in [-0.39, 0.29) is 22.8 Å². The molecule has 196 valence electrons. The molecule has 0 bridgehead atoms. The van der Waals surface area contributed by atoms with E-state index in [2.05, 4.69) is 4.98 Å². The lowest BCUT2D eigenvalue weighted by molar-refractivity contribution is -0.146. The number of carboxylic acids is 1. The number of carbonyl (C=O) groups excluding carboxylic acids is 1. The van der Waals surface area contributed by atoms with Gasteiger partial charge in [-0.05, 0) is 61.7 Å². The minimum absolute atomic E-state index is 0.0103. The van der Waals surface area contributed by atoms with Gasteiger partial charge in [-0.1, -0.05) is 0 Å². The fourth-order valence-corrected chi connectivity index (χ4v) is 5.74. The van der Waals surface area contributed by atoms with Crippen LogP contribution in [0.2, 0.25) is 0 Å². The summed E-state index contributed by atoms with van der Waals surface area (Å²) < 4.78 is 47.1. The molecule has 10 heteroatoms. The SMILES string of the molecule is COc1ccc2ncc(F)c(C(=O)CC[C@H]3CCN(CCSc4cc(F)ccc4F)C[C@H]3C(=O)O)c2c1. The summed E-state index contributed by atoms with van der Waals surface area (Å²) in [6.45, 7) is 1.44. The van der Waals surface area contributed by atoms with Crippen LogP contribution in [0.3, 0.4) is 0 Å². The molecule has 0 radical (unpaired) electrons. The third-order valence-corrected chi connectivity index (χ3v) is 7.78. The summed E-state index contributed by atoms with van der Waals surface area (Å²) in [5.41, 5.74) is 0.410. The molecule has 2 atom stereocenters. The van der Waals surface area contributed by atoms with Crippen molar-refractivity contribution in [2.75, 3.05) is 32.5 Å². The van der Waals surface area contributed by atoms with E-state index in [9.17, 15) is 27.9 Å². The lowest BCUT2D eigenvalue weighted by Gasteiger charge is -2.36. The van der Waals surface area contributed by atoms with Crippen LogP contribution >= 0.6 is 11.8 Å². The summed E-state index contributed by atoms with van der Waals surface area (Å²) in [5.74, 6) is -3.04. The number of piperidine rings is 1. The summed E-state index contributed by atoms with van der Waals surface area (Å²) >= 11 is 1.18. The van der Waals surface area contributed by atoms with Crippen LogP contribution in [-0.2, 0) is 4.79 Å². The van der Waals surface area contributed by atoms with E-state index in [1.165, 1.54) is 18.9 Å². The predicted octanol–water partition coefficient (Wildman–Crippen LogP) is 5.44. The number of benzene rings is 2. The van der Waals surface area contributed by atoms with Crippen molar-refractivity contribution in [3.63, 3.8) is 0 Å². The first-order valence-corrected chi connectivity index (χ1v) is 12.9. The first-order valence-electron chi connectivity index (χ1n) is 11.9. The van der Waals surface area contributed by atoms with Gasteiger partial charge in [0.25, 0.3) is 0 Å². The predicted molar refractivity (Wildman–Crippen MR) is 135 cm³/mol. The number of likely N-dealkylation sites (tertiary alicyclic amines) is 1. The highest BCUT2D eigenvalue weighted by atomic mass is 32.2. The molecule has 1 saturated heterocycles. The van der Waals surface area contributed by atoms with Gasteiger partial charge < -0.3 is 14.7 Å². The summed E-state index contributed by atoms with van der Waals surface area (Å²) in [5, 5.41) is 10.2. The van der Waals surface area contributed by atoms with Gasteiger partial charge in [0.1, 0.15) is 17.4 Å². The third-order valence-electron chi connectivity index (χ3n) is 6.77. The molecule has 1 aliphatic heterocycles. The molecular weight excluding hydrogens is 505 g/mol. The molecule has 4 rings (SSSR count). The summed E-state index contributed by atoms with van der Waals surface area (Å²) in [6, 6.07) is 8.21. The summed E-state index contributed by atoms with van der Waals surface area (Å²) in [4.78, 5) is 31.3. The normalized spacial score (nSPS) is 18.2. The average molecular weight is 533 g/mol. The highest BCUT2D eigenvalue weighted by Gasteiger charge is 2.34. The second-order valence-corrected chi connectivity index (χ2v) is 10.2. The van der Waals surface area contributed by atoms with Crippen molar-refractivity contribution >= 4 is 34.4 Å². The van der Waals surface area contributed by atoms with Crippen molar-refractivity contribution in [2.24, 2.45) is 11.8 Å². The van der Waals surface area contributed by atoms with Gasteiger partial charge in [0, 0.05) is 35.5 Å². The number of halogens is 3. The standard InChI is InChI=1S/C27H27F3N2O4S/c1-36-18-4-6-23-19(13-18)26(22(30)14-31-23)24(33)7-2-16-8-9-32(15-20(16)27(34)35)10-11-37-25-12-17(28)3-5-21(25)29/h3-6,12-14,16,20H,2,7-11,15H2,1H3,(H,34,35)/t16-,20+/m0/s1. The Morgan fingerprint density at radius 2 is 1.97 bits per heavy atom. The molecule has 1 aromatic heterocycles. The summed E-state index contributed by atoms with van der Waals surface area (Å²) in [6.07, 6.45) is 1.92. The molecule has 0 amide bonds. The van der Waals surface area contributed by atoms with E-state index in [4.69, 9.17) is 4.74 Å². The van der Waals surface area contributed by atoms with Gasteiger partial charge in [0.05, 0.1) is 30.3 Å². The van der Waals surface area contributed by atoms with Crippen LogP contribution in [-0.4, -0.2) is 59.2 Å². The zero-order valence-electron chi connectivity index (χ0n) is 20.3. The molecule has 1 fully saturated rings. The number of ketones is 1. The number of methoxy groups -OCH3 is 1. The Labute approximate surface area is 216 Å². The van der Waals surface area contributed by atoms with E-state index in [1.807, 2.05) is 4.90 Å². The Balaban J connectivity index is 1.37. The number of thioether (sulfide) groups is 1. The van der Waals surface area contributed by atoms with Crippen LogP contribution in [0, 0.1) is 29.3 Å². The monoisotopic (exact) mass is 532 g/mol. The summed E-state index contributed by atoms with van der Waals surface area (Å²) in [7, 11) is 1.48. The molecule has 0 aliphatic carbocycles. The van der Waals surface area contributed by atoms with E-state index in [0.29, 0.717) is 54.9 Å². The Kier molecular flexibility index (Phi) is 8.71. The maximum Gasteiger partial charge on any atom is 0.308 e. The molecule has 3 aromatic rings. The number of Topliss-reactive ketones (excluding diaryl/α,β-unsaturated/α-hetero) is 1. The van der Waals surface area contributed by atoms with Crippen LogP contribution in [0.4, 0.5) is 13.2 Å². The number of hydrogen-bond donors (Lipinski definition) is 1. The fourth-order valence-electron chi connectivity index (χ4n) is 4.77. The Bertz CT molecular complexity index is 1310. The highest BCUT2D eigenvalue weighted by molar-refractivity contribution is 7.99. The number of pyridine rings is 1. The number of fused-ring (bicyclic) bond motifs is 1. The molecule has 6 nitrogen and oxygen atoms in total. The third kappa shape index (κ3) is 6.42. The maximum absolute atomic E-state index is 14.6. The van der Waals surface area contributed by atoms with Gasteiger partial charge in [-0.25, -0.2) is 13.2 Å². The van der Waals surface area contributed by atoms with Gasteiger partial charge in [0.15, 0.2) is 11.6 Å². The van der Waals surface area contributed by atoms with Crippen molar-refractivity contribution < 1.29 is 32.6 Å². The van der Waals surface area contributed by atoms with Crippen molar-refractivity contribution in [1.29, 1.82) is 0 Å². The molecule has 0 unspecified atom stereocenters. The molecular formula is C27H27F3N2O4S. The van der Waals surface area contributed by atoms with Crippen molar-refractivity contribution in [3.05, 3.63) is 65.6 Å². The highest BCUT2D eigenvalue weighted by Crippen LogP contribution is 2.31. The minimum Gasteiger partial charge on any atom is -0.497 e. The van der Waals surface area contributed by atoms with E-state index in [1.54, 1.807) is 18.2 Å². The quantitative estimate of drug-likeness (QED) is 0.275. The molecule has 37 heavy (non-hydrogen) atoms. The first kappa shape index (κ1) is 26.9. The van der Waals surface area contributed by atoms with Gasteiger partial charge in [-0.2, -0.15) is 0 Å². The van der Waals surface area contributed by atoms with Crippen LogP contribution in [0.5, 0.6) is 5.75 Å². The Morgan fingerprint density at radius 1 is 1.16 bits per heavy atom. The number of nitrogens with zero attached hydrogens (tertiary/aromatic N) is 2. The number of aliphatic carboxylic acids is 1. The molecule has 2 heterocycles. The van der Waals surface area contributed by atoms with Gasteiger partial charge in [-0.15, -0.1) is 11.8 Å². The fraction of sp³-hybridized carbons (Fsp3) is 0.370. The van der Waals surface area contributed by atoms with E-state index in [0.717, 1.165) is 24.4 Å². The van der Waals surface area contributed by atoms with E-state index >= 15 is 0 Å².